The number of likely N-dealkylation sites (tertiary alicyclic amines) is 1. The number of rotatable bonds is 3. The van der Waals surface area contributed by atoms with Crippen LogP contribution in [0.2, 0.25) is 0 Å². The molecule has 7 nitrogen and oxygen atoms in total. The Labute approximate surface area is 157 Å². The minimum Gasteiger partial charge on any atom is -0.448 e. The molecule has 2 heterocycles. The molecule has 0 saturated carbocycles. The van der Waals surface area contributed by atoms with E-state index >= 15 is 0 Å². The predicted octanol–water partition coefficient (Wildman–Crippen LogP) is 2.27. The molecular formula is C20H25N3O4. The number of ether oxygens (including phenoxy) is 1. The quantitative estimate of drug-likeness (QED) is 0.773. The molecule has 0 N–H and O–H groups in total. The highest BCUT2D eigenvalue weighted by molar-refractivity contribution is 6.02. The number of esters is 1. The van der Waals surface area contributed by atoms with Crippen molar-refractivity contribution in [1.29, 1.82) is 0 Å². The molecule has 144 valence electrons. The van der Waals surface area contributed by atoms with Crippen LogP contribution in [-0.4, -0.2) is 44.7 Å². The highest BCUT2D eigenvalue weighted by atomic mass is 16.5. The third-order valence-electron chi connectivity index (χ3n) is 5.23. The van der Waals surface area contributed by atoms with Crippen LogP contribution in [0.5, 0.6) is 0 Å². The van der Waals surface area contributed by atoms with Crippen LogP contribution in [0.3, 0.4) is 0 Å². The van der Waals surface area contributed by atoms with Gasteiger partial charge in [0.15, 0.2) is 11.8 Å². The van der Waals surface area contributed by atoms with Gasteiger partial charge >= 0.3 is 5.97 Å². The molecule has 7 heteroatoms. The van der Waals surface area contributed by atoms with Gasteiger partial charge in [0, 0.05) is 24.5 Å². The number of hydrogen-bond donors (Lipinski definition) is 0. The van der Waals surface area contributed by atoms with E-state index in [1.807, 2.05) is 18.7 Å². The number of amides is 1. The van der Waals surface area contributed by atoms with Gasteiger partial charge in [0.25, 0.3) is 11.5 Å². The molecule has 0 spiro atoms. The van der Waals surface area contributed by atoms with Crippen LogP contribution >= 0.6 is 0 Å². The lowest BCUT2D eigenvalue weighted by Crippen LogP contribution is -2.51. The molecule has 1 aromatic carbocycles. The first-order chi connectivity index (χ1) is 12.8. The third kappa shape index (κ3) is 3.59. The maximum Gasteiger partial charge on any atom is 0.360 e. The van der Waals surface area contributed by atoms with Gasteiger partial charge in [-0.25, -0.2) is 9.48 Å². The number of fused-ring (bicyclic) bond motifs is 1. The first-order valence-corrected chi connectivity index (χ1v) is 9.30. The van der Waals surface area contributed by atoms with Crippen molar-refractivity contribution < 1.29 is 14.3 Å². The first-order valence-electron chi connectivity index (χ1n) is 9.30. The van der Waals surface area contributed by atoms with Crippen molar-refractivity contribution in [2.75, 3.05) is 0 Å². The molecule has 3 atom stereocenters. The zero-order valence-electron chi connectivity index (χ0n) is 16.1. The SMILES string of the molecule is C[C@@H]1CCC[C@H](C)N1C(=O)[C@@H](C)OC(=O)c1nn(C)c(=O)c2ccccc12. The number of aryl methyl sites for hydroxylation is 1. The standard InChI is InChI=1S/C20H25N3O4/c1-12-8-7-9-13(2)23(12)18(24)14(3)27-20(26)17-15-10-5-6-11-16(15)19(25)22(4)21-17/h5-6,10-14H,7-9H2,1-4H3/t12-,13+,14-/m1/s1. The summed E-state index contributed by atoms with van der Waals surface area (Å²) in [5, 5.41) is 4.87. The Hall–Kier alpha value is -2.70. The van der Waals surface area contributed by atoms with Crippen LogP contribution < -0.4 is 5.56 Å². The number of carbonyl (C=O) groups excluding carboxylic acids is 2. The Morgan fingerprint density at radius 2 is 1.74 bits per heavy atom. The monoisotopic (exact) mass is 371 g/mol. The average molecular weight is 371 g/mol. The summed E-state index contributed by atoms with van der Waals surface area (Å²) in [7, 11) is 1.48. The number of benzene rings is 1. The van der Waals surface area contributed by atoms with E-state index < -0.39 is 12.1 Å². The molecule has 1 aromatic heterocycles. The Balaban J connectivity index is 1.85. The normalized spacial score (nSPS) is 21.1. The Kier molecular flexibility index (Phi) is 5.30. The summed E-state index contributed by atoms with van der Waals surface area (Å²) in [5.74, 6) is -0.905. The van der Waals surface area contributed by atoms with Gasteiger partial charge in [-0.05, 0) is 46.1 Å². The molecule has 0 unspecified atom stereocenters. The van der Waals surface area contributed by atoms with Crippen molar-refractivity contribution in [3.63, 3.8) is 0 Å². The molecule has 27 heavy (non-hydrogen) atoms. The van der Waals surface area contributed by atoms with Gasteiger partial charge < -0.3 is 9.64 Å². The van der Waals surface area contributed by atoms with Gasteiger partial charge in [0.2, 0.25) is 0 Å². The van der Waals surface area contributed by atoms with Gasteiger partial charge in [-0.3, -0.25) is 9.59 Å². The fraction of sp³-hybridized carbons (Fsp3) is 0.500. The Morgan fingerprint density at radius 1 is 1.15 bits per heavy atom. The molecule has 3 rings (SSSR count). The molecule has 0 bridgehead atoms. The van der Waals surface area contributed by atoms with E-state index in [4.69, 9.17) is 4.74 Å². The molecule has 1 amide bonds. The van der Waals surface area contributed by atoms with Crippen molar-refractivity contribution in [3.05, 3.63) is 40.3 Å². The van der Waals surface area contributed by atoms with E-state index in [0.717, 1.165) is 23.9 Å². The average Bonchev–Trinajstić information content (AvgIpc) is 2.64. The molecule has 0 radical (unpaired) electrons. The van der Waals surface area contributed by atoms with E-state index in [9.17, 15) is 14.4 Å². The minimum atomic E-state index is -0.918. The predicted molar refractivity (Wildman–Crippen MR) is 101 cm³/mol. The molecule has 1 fully saturated rings. The maximum absolute atomic E-state index is 12.8. The molecule has 1 saturated heterocycles. The lowest BCUT2D eigenvalue weighted by Gasteiger charge is -2.40. The number of carbonyl (C=O) groups is 2. The van der Waals surface area contributed by atoms with Crippen LogP contribution in [0.1, 0.15) is 50.5 Å². The fourth-order valence-electron chi connectivity index (χ4n) is 3.78. The highest BCUT2D eigenvalue weighted by Crippen LogP contribution is 2.24. The topological polar surface area (TPSA) is 81.5 Å². The molecule has 2 aromatic rings. The van der Waals surface area contributed by atoms with Crippen LogP contribution in [-0.2, 0) is 16.6 Å². The van der Waals surface area contributed by atoms with Crippen LogP contribution in [0.25, 0.3) is 10.8 Å². The largest absolute Gasteiger partial charge is 0.448 e. The van der Waals surface area contributed by atoms with Gasteiger partial charge in [-0.1, -0.05) is 18.2 Å². The summed E-state index contributed by atoms with van der Waals surface area (Å²) in [6.07, 6.45) is 2.07. The Morgan fingerprint density at radius 3 is 2.37 bits per heavy atom. The third-order valence-corrected chi connectivity index (χ3v) is 5.23. The maximum atomic E-state index is 12.8. The van der Waals surface area contributed by atoms with Crippen LogP contribution in [0, 0.1) is 0 Å². The lowest BCUT2D eigenvalue weighted by molar-refractivity contribution is -0.146. The van der Waals surface area contributed by atoms with E-state index in [1.54, 1.807) is 31.2 Å². The summed E-state index contributed by atoms with van der Waals surface area (Å²) in [6.45, 7) is 5.62. The van der Waals surface area contributed by atoms with Crippen molar-refractivity contribution in [2.45, 2.75) is 58.2 Å². The lowest BCUT2D eigenvalue weighted by atomic mass is 9.97. The van der Waals surface area contributed by atoms with Gasteiger partial charge in [-0.15, -0.1) is 0 Å². The first kappa shape index (κ1) is 19.1. The van der Waals surface area contributed by atoms with Gasteiger partial charge in [0.05, 0.1) is 5.39 Å². The van der Waals surface area contributed by atoms with Gasteiger partial charge in [-0.2, -0.15) is 5.10 Å². The molecule has 0 aliphatic carbocycles. The number of hydrogen-bond acceptors (Lipinski definition) is 5. The zero-order valence-corrected chi connectivity index (χ0v) is 16.1. The summed E-state index contributed by atoms with van der Waals surface area (Å²) >= 11 is 0. The molecule has 1 aliphatic heterocycles. The van der Waals surface area contributed by atoms with E-state index in [-0.39, 0.29) is 29.2 Å². The van der Waals surface area contributed by atoms with E-state index in [2.05, 4.69) is 5.10 Å². The van der Waals surface area contributed by atoms with Crippen LogP contribution in [0.15, 0.2) is 29.1 Å². The smallest absolute Gasteiger partial charge is 0.360 e. The number of aromatic nitrogens is 2. The van der Waals surface area contributed by atoms with E-state index in [1.165, 1.54) is 7.05 Å². The minimum absolute atomic E-state index is 0.0343. The fourth-order valence-corrected chi connectivity index (χ4v) is 3.78. The molecule has 1 aliphatic rings. The summed E-state index contributed by atoms with van der Waals surface area (Å²) in [5.41, 5.74) is -0.255. The molecular weight excluding hydrogens is 346 g/mol. The van der Waals surface area contributed by atoms with Crippen molar-refractivity contribution in [3.8, 4) is 0 Å². The second-order valence-electron chi connectivity index (χ2n) is 7.24. The number of nitrogens with zero attached hydrogens (tertiary/aromatic N) is 3. The Bertz CT molecular complexity index is 926. The summed E-state index contributed by atoms with van der Waals surface area (Å²) in [4.78, 5) is 39.6. The van der Waals surface area contributed by atoms with E-state index in [0.29, 0.717) is 10.8 Å². The second-order valence-corrected chi connectivity index (χ2v) is 7.24. The summed E-state index contributed by atoms with van der Waals surface area (Å²) in [6, 6.07) is 7.00. The highest BCUT2D eigenvalue weighted by Gasteiger charge is 2.33. The van der Waals surface area contributed by atoms with Gasteiger partial charge in [0.1, 0.15) is 0 Å². The van der Waals surface area contributed by atoms with Crippen molar-refractivity contribution >= 4 is 22.6 Å². The van der Waals surface area contributed by atoms with Crippen LogP contribution in [0.4, 0.5) is 0 Å². The number of piperidine rings is 1. The van der Waals surface area contributed by atoms with Crippen molar-refractivity contribution in [2.24, 2.45) is 7.05 Å². The zero-order chi connectivity index (χ0) is 19.7. The summed E-state index contributed by atoms with van der Waals surface area (Å²) < 4.78 is 6.55. The second kappa shape index (κ2) is 7.50. The van der Waals surface area contributed by atoms with Crippen molar-refractivity contribution in [1.82, 2.24) is 14.7 Å².